The van der Waals surface area contributed by atoms with Gasteiger partial charge in [0, 0.05) is 22.3 Å². The van der Waals surface area contributed by atoms with Gasteiger partial charge < -0.3 is 4.74 Å². The van der Waals surface area contributed by atoms with Crippen molar-refractivity contribution in [3.8, 4) is 0 Å². The van der Waals surface area contributed by atoms with E-state index in [9.17, 15) is 18.4 Å². The molecule has 4 nitrogen and oxygen atoms in total. The van der Waals surface area contributed by atoms with Crippen LogP contribution >= 0.6 is 0 Å². The molecule has 0 atom stereocenters. The second-order valence-corrected chi connectivity index (χ2v) is 6.27. The third-order valence-electron chi connectivity index (χ3n) is 4.30. The van der Waals surface area contributed by atoms with Gasteiger partial charge in [0.2, 0.25) is 0 Å². The first-order valence-corrected chi connectivity index (χ1v) is 8.86. The van der Waals surface area contributed by atoms with Crippen LogP contribution in [-0.2, 0) is 9.53 Å². The summed E-state index contributed by atoms with van der Waals surface area (Å²) >= 11 is 0. The maximum absolute atomic E-state index is 14.0. The van der Waals surface area contributed by atoms with Crippen LogP contribution in [0.5, 0.6) is 0 Å². The van der Waals surface area contributed by atoms with Gasteiger partial charge in [0.05, 0.1) is 19.7 Å². The molecule has 6 heteroatoms. The number of amides is 1. The number of ketones is 1. The standard InChI is InChI=1S/C22H19F2NO3/c1-2-28-22(27)25-13-17(11-15-7-3-5-9-19(15)23)21(26)18(14-25)12-16-8-4-6-10-20(16)24/h3-12H,2,13-14H2,1H3/b17-11-,18-12+. The van der Waals surface area contributed by atoms with Crippen LogP contribution in [0.15, 0.2) is 59.7 Å². The molecule has 1 fully saturated rings. The monoisotopic (exact) mass is 383 g/mol. The number of ether oxygens (including phenoxy) is 1. The predicted molar refractivity (Wildman–Crippen MR) is 102 cm³/mol. The summed E-state index contributed by atoms with van der Waals surface area (Å²) in [6.07, 6.45) is 2.24. The van der Waals surface area contributed by atoms with Crippen molar-refractivity contribution in [1.29, 1.82) is 0 Å². The highest BCUT2D eigenvalue weighted by molar-refractivity contribution is 6.15. The molecule has 144 valence electrons. The number of benzene rings is 2. The van der Waals surface area contributed by atoms with E-state index in [0.717, 1.165) is 0 Å². The maximum Gasteiger partial charge on any atom is 0.410 e. The van der Waals surface area contributed by atoms with Gasteiger partial charge in [-0.05, 0) is 31.2 Å². The number of carbonyl (C=O) groups is 2. The van der Waals surface area contributed by atoms with Crippen molar-refractivity contribution in [2.75, 3.05) is 19.7 Å². The normalized spacial score (nSPS) is 17.2. The first kappa shape index (κ1) is 19.5. The van der Waals surface area contributed by atoms with Gasteiger partial charge in [-0.25, -0.2) is 13.6 Å². The Hall–Kier alpha value is -3.28. The number of hydrogen-bond donors (Lipinski definition) is 0. The predicted octanol–water partition coefficient (Wildman–Crippen LogP) is 4.47. The summed E-state index contributed by atoms with van der Waals surface area (Å²) in [7, 11) is 0. The minimum atomic E-state index is -0.589. The minimum absolute atomic E-state index is 0.0133. The molecular formula is C22H19F2NO3. The zero-order valence-corrected chi connectivity index (χ0v) is 15.3. The quantitative estimate of drug-likeness (QED) is 0.735. The van der Waals surface area contributed by atoms with E-state index < -0.39 is 17.7 Å². The highest BCUT2D eigenvalue weighted by atomic mass is 19.1. The van der Waals surface area contributed by atoms with E-state index in [-0.39, 0.29) is 47.8 Å². The van der Waals surface area contributed by atoms with Crippen LogP contribution in [0.3, 0.4) is 0 Å². The van der Waals surface area contributed by atoms with E-state index in [0.29, 0.717) is 0 Å². The molecule has 0 radical (unpaired) electrons. The zero-order chi connectivity index (χ0) is 20.1. The number of rotatable bonds is 3. The molecule has 0 saturated carbocycles. The summed E-state index contributed by atoms with van der Waals surface area (Å²) in [6, 6.07) is 12.1. The molecule has 3 rings (SSSR count). The van der Waals surface area contributed by atoms with Crippen LogP contribution in [0.25, 0.3) is 12.2 Å². The molecule has 0 unspecified atom stereocenters. The summed E-state index contributed by atoms with van der Waals surface area (Å²) in [6.45, 7) is 1.84. The summed E-state index contributed by atoms with van der Waals surface area (Å²) in [5.41, 5.74) is 0.933. The molecule has 1 heterocycles. The highest BCUT2D eigenvalue weighted by Gasteiger charge is 2.30. The summed E-state index contributed by atoms with van der Waals surface area (Å²) in [4.78, 5) is 26.5. The molecule has 2 aromatic carbocycles. The van der Waals surface area contributed by atoms with Crippen LogP contribution in [0, 0.1) is 11.6 Å². The third kappa shape index (κ3) is 4.34. The van der Waals surface area contributed by atoms with Gasteiger partial charge in [-0.3, -0.25) is 9.69 Å². The van der Waals surface area contributed by atoms with Crippen LogP contribution in [-0.4, -0.2) is 36.5 Å². The van der Waals surface area contributed by atoms with Crippen LogP contribution in [0.1, 0.15) is 18.1 Å². The Morgan fingerprint density at radius 2 is 1.43 bits per heavy atom. The average Bonchev–Trinajstić information content (AvgIpc) is 2.68. The lowest BCUT2D eigenvalue weighted by Crippen LogP contribution is -2.41. The van der Waals surface area contributed by atoms with Crippen molar-refractivity contribution in [3.05, 3.63) is 82.4 Å². The SMILES string of the molecule is CCOC(=O)N1C/C(=C/c2ccccc2F)C(=O)/C(=C/c2ccccc2F)C1. The number of carbonyl (C=O) groups excluding carboxylic acids is 2. The highest BCUT2D eigenvalue weighted by Crippen LogP contribution is 2.24. The van der Waals surface area contributed by atoms with Crippen LogP contribution < -0.4 is 0 Å². The first-order valence-electron chi connectivity index (χ1n) is 8.86. The average molecular weight is 383 g/mol. The molecule has 1 aliphatic rings. The lowest BCUT2D eigenvalue weighted by atomic mass is 9.94. The van der Waals surface area contributed by atoms with Crippen molar-refractivity contribution in [2.45, 2.75) is 6.92 Å². The molecule has 0 aromatic heterocycles. The molecule has 2 aromatic rings. The van der Waals surface area contributed by atoms with Gasteiger partial charge in [-0.15, -0.1) is 0 Å². The van der Waals surface area contributed by atoms with Crippen molar-refractivity contribution >= 4 is 24.0 Å². The number of Topliss-reactive ketones (excluding diaryl/α,β-unsaturated/α-hetero) is 1. The van der Waals surface area contributed by atoms with Gasteiger partial charge in [-0.2, -0.15) is 0 Å². The number of piperidine rings is 1. The van der Waals surface area contributed by atoms with E-state index in [2.05, 4.69) is 0 Å². The van der Waals surface area contributed by atoms with E-state index >= 15 is 0 Å². The van der Waals surface area contributed by atoms with Crippen molar-refractivity contribution < 1.29 is 23.1 Å². The second-order valence-electron chi connectivity index (χ2n) is 6.27. The Morgan fingerprint density at radius 1 is 0.964 bits per heavy atom. The molecule has 1 saturated heterocycles. The van der Waals surface area contributed by atoms with Crippen LogP contribution in [0.4, 0.5) is 13.6 Å². The molecule has 28 heavy (non-hydrogen) atoms. The van der Waals surface area contributed by atoms with Gasteiger partial charge in [0.1, 0.15) is 11.6 Å². The number of likely N-dealkylation sites (tertiary alicyclic amines) is 1. The fraction of sp³-hybridized carbons (Fsp3) is 0.182. The van der Waals surface area contributed by atoms with Crippen molar-refractivity contribution in [1.82, 2.24) is 4.90 Å². The van der Waals surface area contributed by atoms with Gasteiger partial charge in [-0.1, -0.05) is 36.4 Å². The minimum Gasteiger partial charge on any atom is -0.450 e. The number of hydrogen-bond acceptors (Lipinski definition) is 3. The third-order valence-corrected chi connectivity index (χ3v) is 4.30. The largest absolute Gasteiger partial charge is 0.450 e. The molecule has 0 spiro atoms. The van der Waals surface area contributed by atoms with E-state index in [1.807, 2.05) is 0 Å². The van der Waals surface area contributed by atoms with E-state index in [4.69, 9.17) is 4.74 Å². The lowest BCUT2D eigenvalue weighted by Gasteiger charge is -2.29. The Labute approximate surface area is 161 Å². The van der Waals surface area contributed by atoms with Crippen molar-refractivity contribution in [2.24, 2.45) is 0 Å². The van der Waals surface area contributed by atoms with Gasteiger partial charge >= 0.3 is 6.09 Å². The van der Waals surface area contributed by atoms with Crippen LogP contribution in [0.2, 0.25) is 0 Å². The molecule has 0 bridgehead atoms. The molecule has 1 aliphatic heterocycles. The van der Waals surface area contributed by atoms with E-state index in [1.165, 1.54) is 29.2 Å². The van der Waals surface area contributed by atoms with Crippen molar-refractivity contribution in [3.63, 3.8) is 0 Å². The number of nitrogens with zero attached hydrogens (tertiary/aromatic N) is 1. The Balaban J connectivity index is 2.02. The fourth-order valence-corrected chi connectivity index (χ4v) is 2.94. The fourth-order valence-electron chi connectivity index (χ4n) is 2.94. The van der Waals surface area contributed by atoms with E-state index in [1.54, 1.807) is 43.3 Å². The summed E-state index contributed by atoms with van der Waals surface area (Å²) in [5.74, 6) is -1.31. The first-order chi connectivity index (χ1) is 13.5. The lowest BCUT2D eigenvalue weighted by molar-refractivity contribution is -0.113. The summed E-state index contributed by atoms with van der Waals surface area (Å²) in [5, 5.41) is 0. The molecule has 1 amide bonds. The van der Waals surface area contributed by atoms with Gasteiger partial charge in [0.25, 0.3) is 0 Å². The summed E-state index contributed by atoms with van der Waals surface area (Å²) < 4.78 is 33.1. The maximum atomic E-state index is 14.0. The zero-order valence-electron chi connectivity index (χ0n) is 15.3. The topological polar surface area (TPSA) is 46.6 Å². The molecular weight excluding hydrogens is 364 g/mol. The van der Waals surface area contributed by atoms with Gasteiger partial charge in [0.15, 0.2) is 5.78 Å². The molecule has 0 aliphatic carbocycles. The smallest absolute Gasteiger partial charge is 0.410 e. The Morgan fingerprint density at radius 3 is 1.86 bits per heavy atom. The molecule has 0 N–H and O–H groups in total. The number of halogens is 2. The Kier molecular flexibility index (Phi) is 5.99. The second kappa shape index (κ2) is 8.61. The Bertz CT molecular complexity index is 898.